The average Bonchev–Trinajstić information content (AvgIpc) is 2.88. The van der Waals surface area contributed by atoms with Crippen molar-refractivity contribution in [3.8, 4) is 0 Å². The highest BCUT2D eigenvalue weighted by Gasteiger charge is 2.38. The van der Waals surface area contributed by atoms with E-state index in [-0.39, 0.29) is 24.2 Å². The maximum Gasteiger partial charge on any atom is 0.305 e. The van der Waals surface area contributed by atoms with Crippen LogP contribution in [0.4, 0.5) is 0 Å². The maximum absolute atomic E-state index is 13.1. The summed E-state index contributed by atoms with van der Waals surface area (Å²) < 4.78 is 0. The van der Waals surface area contributed by atoms with Crippen LogP contribution < -0.4 is 16.0 Å². The first-order chi connectivity index (χ1) is 19.1. The van der Waals surface area contributed by atoms with Gasteiger partial charge in [0.1, 0.15) is 18.2 Å². The van der Waals surface area contributed by atoms with E-state index in [0.717, 1.165) is 0 Å². The molecule has 1 rings (SSSR count). The Morgan fingerprint density at radius 2 is 1.41 bits per heavy atom. The molecule has 0 aromatic heterocycles. The van der Waals surface area contributed by atoms with Crippen molar-refractivity contribution < 1.29 is 44.7 Å². The highest BCUT2D eigenvalue weighted by molar-refractivity contribution is 5.90. The van der Waals surface area contributed by atoms with Crippen molar-refractivity contribution >= 4 is 23.7 Å². The van der Waals surface area contributed by atoms with Gasteiger partial charge in [0.05, 0.1) is 31.2 Å². The van der Waals surface area contributed by atoms with E-state index >= 15 is 0 Å². The van der Waals surface area contributed by atoms with Gasteiger partial charge in [0, 0.05) is 0 Å². The first-order valence-electron chi connectivity index (χ1n) is 13.6. The van der Waals surface area contributed by atoms with Gasteiger partial charge in [-0.15, -0.1) is 0 Å². The molecule has 0 bridgehead atoms. The van der Waals surface area contributed by atoms with Crippen molar-refractivity contribution in [2.45, 2.75) is 83.0 Å². The number of aliphatic hydroxyl groups excluding tert-OH is 4. The average molecular weight is 583 g/mol. The number of likely N-dealkylation sites (N-methyl/N-ethyl adjacent to an activating group) is 1. The summed E-state index contributed by atoms with van der Waals surface area (Å²) in [4.78, 5) is 51.8. The normalized spacial score (nSPS) is 16.8. The van der Waals surface area contributed by atoms with Crippen molar-refractivity contribution in [3.63, 3.8) is 0 Å². The Balaban J connectivity index is 3.00. The molecule has 1 aromatic rings. The molecule has 0 unspecified atom stereocenters. The summed E-state index contributed by atoms with van der Waals surface area (Å²) in [7, 11) is 3.49. The molecule has 0 spiro atoms. The molecule has 0 heterocycles. The van der Waals surface area contributed by atoms with Gasteiger partial charge in [-0.3, -0.25) is 24.1 Å². The van der Waals surface area contributed by atoms with Crippen molar-refractivity contribution in [3.05, 3.63) is 35.9 Å². The molecule has 7 atom stereocenters. The molecule has 3 amide bonds. The number of rotatable bonds is 17. The van der Waals surface area contributed by atoms with Crippen LogP contribution in [0.3, 0.4) is 0 Å². The number of carboxylic acid groups (broad SMARTS) is 1. The second kappa shape index (κ2) is 17.0. The third-order valence-electron chi connectivity index (χ3n) is 6.57. The standard InChI is InChI=1S/C28H46N4O9/c1-15(2)12-19(30-27(40)22(16(3)4)32(5)6)26(39)31-20(14-33)23(36)24(37)25(38)28(41)29-18(13-21(34)35)17-10-8-7-9-11-17/h7-11,15-16,18-20,22-25,33,36-38H,12-14H2,1-6H3,(H,29,41)(H,30,40)(H,31,39)(H,34,35)/t18-,19-,20-,22-,23+,24+,25-/m0/s1. The van der Waals surface area contributed by atoms with Crippen LogP contribution >= 0.6 is 0 Å². The van der Waals surface area contributed by atoms with Gasteiger partial charge in [-0.2, -0.15) is 0 Å². The predicted octanol–water partition coefficient (Wildman–Crippen LogP) is -1.00. The number of carbonyl (C=O) groups is 4. The lowest BCUT2D eigenvalue weighted by Gasteiger charge is -2.32. The zero-order valence-corrected chi connectivity index (χ0v) is 24.5. The van der Waals surface area contributed by atoms with E-state index in [1.165, 1.54) is 0 Å². The number of hydrogen-bond acceptors (Lipinski definition) is 9. The molecular formula is C28H46N4O9. The summed E-state index contributed by atoms with van der Waals surface area (Å²) in [6, 6.07) is 4.04. The summed E-state index contributed by atoms with van der Waals surface area (Å²) >= 11 is 0. The molecule has 0 aliphatic heterocycles. The molecule has 0 fully saturated rings. The van der Waals surface area contributed by atoms with E-state index in [9.17, 15) is 44.7 Å². The molecule has 13 nitrogen and oxygen atoms in total. The first kappa shape index (κ1) is 35.9. The van der Waals surface area contributed by atoms with Crippen LogP contribution in [-0.2, 0) is 19.2 Å². The minimum atomic E-state index is -2.23. The zero-order valence-electron chi connectivity index (χ0n) is 24.5. The van der Waals surface area contributed by atoms with Crippen LogP contribution in [0.2, 0.25) is 0 Å². The largest absolute Gasteiger partial charge is 0.481 e. The van der Waals surface area contributed by atoms with E-state index in [2.05, 4.69) is 16.0 Å². The van der Waals surface area contributed by atoms with Crippen molar-refractivity contribution in [2.24, 2.45) is 11.8 Å². The molecule has 0 saturated carbocycles. The number of carboxylic acids is 1. The number of aliphatic hydroxyl groups is 4. The lowest BCUT2D eigenvalue weighted by molar-refractivity contribution is -0.145. The lowest BCUT2D eigenvalue weighted by Crippen LogP contribution is -2.60. The van der Waals surface area contributed by atoms with Gasteiger partial charge in [-0.1, -0.05) is 58.0 Å². The summed E-state index contributed by atoms with van der Waals surface area (Å²) in [6.07, 6.45) is -6.66. The van der Waals surface area contributed by atoms with Crippen molar-refractivity contribution in [1.82, 2.24) is 20.9 Å². The fraction of sp³-hybridized carbons (Fsp3) is 0.643. The van der Waals surface area contributed by atoms with Gasteiger partial charge in [0.15, 0.2) is 6.10 Å². The summed E-state index contributed by atoms with van der Waals surface area (Å²) in [5.74, 6) is -3.57. The molecule has 0 saturated heterocycles. The number of benzene rings is 1. The van der Waals surface area contributed by atoms with E-state index in [1.54, 1.807) is 49.3 Å². The quantitative estimate of drug-likeness (QED) is 0.112. The smallest absolute Gasteiger partial charge is 0.305 e. The minimum absolute atomic E-state index is 0.0140. The van der Waals surface area contributed by atoms with E-state index in [4.69, 9.17) is 0 Å². The van der Waals surface area contributed by atoms with Crippen LogP contribution in [-0.4, -0.2) is 111 Å². The highest BCUT2D eigenvalue weighted by atomic mass is 16.4. The van der Waals surface area contributed by atoms with Gasteiger partial charge >= 0.3 is 5.97 Å². The minimum Gasteiger partial charge on any atom is -0.481 e. The Kier molecular flexibility index (Phi) is 14.9. The van der Waals surface area contributed by atoms with E-state index in [0.29, 0.717) is 5.56 Å². The van der Waals surface area contributed by atoms with Gasteiger partial charge in [-0.25, -0.2) is 0 Å². The fourth-order valence-corrected chi connectivity index (χ4v) is 4.57. The topological polar surface area (TPSA) is 209 Å². The fourth-order valence-electron chi connectivity index (χ4n) is 4.57. The number of carbonyl (C=O) groups excluding carboxylic acids is 3. The van der Waals surface area contributed by atoms with Crippen LogP contribution in [0.1, 0.15) is 52.1 Å². The zero-order chi connectivity index (χ0) is 31.4. The number of nitrogens with zero attached hydrogens (tertiary/aromatic N) is 1. The predicted molar refractivity (Wildman–Crippen MR) is 150 cm³/mol. The summed E-state index contributed by atoms with van der Waals surface area (Å²) in [5, 5.41) is 58.2. The summed E-state index contributed by atoms with van der Waals surface area (Å²) in [5.41, 5.74) is 0.443. The van der Waals surface area contributed by atoms with Crippen LogP contribution in [0.15, 0.2) is 30.3 Å². The number of amides is 3. The molecular weight excluding hydrogens is 536 g/mol. The lowest BCUT2D eigenvalue weighted by atomic mass is 9.97. The van der Waals surface area contributed by atoms with Gasteiger partial charge in [0.2, 0.25) is 11.8 Å². The Morgan fingerprint density at radius 1 is 0.829 bits per heavy atom. The van der Waals surface area contributed by atoms with Crippen molar-refractivity contribution in [2.75, 3.05) is 20.7 Å². The second-order valence-corrected chi connectivity index (χ2v) is 11.1. The number of nitrogens with one attached hydrogen (secondary N) is 3. The Morgan fingerprint density at radius 3 is 1.88 bits per heavy atom. The molecule has 0 aliphatic rings. The molecule has 1 aromatic carbocycles. The maximum atomic E-state index is 13.1. The van der Waals surface area contributed by atoms with Crippen LogP contribution in [0.5, 0.6) is 0 Å². The Labute approximate surface area is 240 Å². The SMILES string of the molecule is CC(C)C[C@H](NC(=O)[C@H](C(C)C)N(C)C)C(=O)N[C@@H](CO)[C@@H](O)[C@@H](O)[C@H](O)C(=O)N[C@@H](CC(=O)O)c1ccccc1. The first-order valence-corrected chi connectivity index (χ1v) is 13.6. The number of hydrogen-bond donors (Lipinski definition) is 8. The van der Waals surface area contributed by atoms with Gasteiger partial charge in [-0.05, 0) is 37.9 Å². The molecule has 13 heteroatoms. The number of aliphatic carboxylic acids is 1. The van der Waals surface area contributed by atoms with Crippen LogP contribution in [0, 0.1) is 11.8 Å². The molecule has 8 N–H and O–H groups in total. The molecule has 0 aliphatic carbocycles. The van der Waals surface area contributed by atoms with E-state index < -0.39 is 73.3 Å². The molecule has 232 valence electrons. The van der Waals surface area contributed by atoms with Gasteiger partial charge in [0.25, 0.3) is 5.91 Å². The van der Waals surface area contributed by atoms with Crippen LogP contribution in [0.25, 0.3) is 0 Å². The second-order valence-electron chi connectivity index (χ2n) is 11.1. The summed E-state index contributed by atoms with van der Waals surface area (Å²) in [6.45, 7) is 6.57. The Hall–Kier alpha value is -3.10. The molecule has 41 heavy (non-hydrogen) atoms. The monoisotopic (exact) mass is 582 g/mol. The third-order valence-corrected chi connectivity index (χ3v) is 6.57. The molecule has 0 radical (unpaired) electrons. The van der Waals surface area contributed by atoms with Crippen molar-refractivity contribution in [1.29, 1.82) is 0 Å². The Bertz CT molecular complexity index is 982. The van der Waals surface area contributed by atoms with E-state index in [1.807, 2.05) is 27.7 Å². The van der Waals surface area contributed by atoms with Gasteiger partial charge < -0.3 is 41.5 Å². The highest BCUT2D eigenvalue weighted by Crippen LogP contribution is 2.18. The third kappa shape index (κ3) is 11.4.